The van der Waals surface area contributed by atoms with Crippen LogP contribution in [-0.4, -0.2) is 79.8 Å². The Labute approximate surface area is 171 Å². The molecule has 148 valence electrons. The second-order valence-corrected chi connectivity index (χ2v) is 9.54. The number of carbonyl (C=O) groups excluding carboxylic acids is 4. The Kier molecular flexibility index (Phi) is 4.96. The van der Waals surface area contributed by atoms with Crippen LogP contribution < -0.4 is 0 Å². The summed E-state index contributed by atoms with van der Waals surface area (Å²) in [5, 5.41) is 8.91. The first-order valence-corrected chi connectivity index (χ1v) is 11.3. The van der Waals surface area contributed by atoms with Crippen molar-refractivity contribution in [2.24, 2.45) is 0 Å². The Morgan fingerprint density at radius 2 is 1.71 bits per heavy atom. The van der Waals surface area contributed by atoms with E-state index in [2.05, 4.69) is 0 Å². The fourth-order valence-corrected chi connectivity index (χ4v) is 7.05. The number of rotatable bonds is 4. The highest BCUT2D eigenvalue weighted by molar-refractivity contribution is 8.11. The standard InChI is InChI=1S/C16H14N2O7S3/c1-6(19)25-4-7-5-28-15-9(12(20)18(15)8(7)16(23)24)17-13(21)10-11(14(17)22)27-3-2-26-10/h9,15H,2-5H2,1H3,(H,23,24)/t9-,15-/m1/s1. The monoisotopic (exact) mass is 442 g/mol. The summed E-state index contributed by atoms with van der Waals surface area (Å²) in [6.07, 6.45) is 0. The van der Waals surface area contributed by atoms with Crippen LogP contribution in [0, 0.1) is 0 Å². The van der Waals surface area contributed by atoms with Gasteiger partial charge in [-0.3, -0.25) is 29.0 Å². The van der Waals surface area contributed by atoms with Crippen LogP contribution in [0.2, 0.25) is 0 Å². The molecule has 2 atom stereocenters. The molecule has 0 saturated carbocycles. The van der Waals surface area contributed by atoms with Crippen LogP contribution in [0.25, 0.3) is 0 Å². The van der Waals surface area contributed by atoms with E-state index in [-0.39, 0.29) is 18.1 Å². The van der Waals surface area contributed by atoms with Gasteiger partial charge in [-0.05, 0) is 0 Å². The molecule has 4 rings (SSSR count). The predicted molar refractivity (Wildman–Crippen MR) is 102 cm³/mol. The minimum absolute atomic E-state index is 0.215. The molecule has 4 heterocycles. The molecular formula is C16H14N2O7S3. The molecule has 4 aliphatic heterocycles. The van der Waals surface area contributed by atoms with Gasteiger partial charge in [0, 0.05) is 29.8 Å². The molecule has 1 fully saturated rings. The topological polar surface area (TPSA) is 121 Å². The van der Waals surface area contributed by atoms with Crippen LogP contribution in [0.5, 0.6) is 0 Å². The van der Waals surface area contributed by atoms with Gasteiger partial charge in [0.25, 0.3) is 17.7 Å². The number of β-lactam (4-membered cyclic amide) rings is 1. The highest BCUT2D eigenvalue weighted by Crippen LogP contribution is 2.47. The first-order valence-electron chi connectivity index (χ1n) is 8.24. The van der Waals surface area contributed by atoms with Gasteiger partial charge in [-0.25, -0.2) is 4.79 Å². The highest BCUT2D eigenvalue weighted by Gasteiger charge is 2.60. The van der Waals surface area contributed by atoms with E-state index in [0.717, 1.165) is 9.80 Å². The van der Waals surface area contributed by atoms with E-state index < -0.39 is 41.1 Å². The zero-order valence-electron chi connectivity index (χ0n) is 14.5. The molecular weight excluding hydrogens is 428 g/mol. The van der Waals surface area contributed by atoms with E-state index in [0.29, 0.717) is 26.9 Å². The molecule has 0 unspecified atom stereocenters. The largest absolute Gasteiger partial charge is 0.477 e. The lowest BCUT2D eigenvalue weighted by molar-refractivity contribution is -0.162. The summed E-state index contributed by atoms with van der Waals surface area (Å²) in [5.41, 5.74) is 0.0603. The maximum atomic E-state index is 12.8. The Balaban J connectivity index is 1.60. The van der Waals surface area contributed by atoms with E-state index >= 15 is 0 Å². The smallest absolute Gasteiger partial charge is 0.352 e. The maximum absolute atomic E-state index is 12.8. The number of thioether (sulfide) groups is 3. The van der Waals surface area contributed by atoms with Gasteiger partial charge in [0.1, 0.15) is 23.7 Å². The number of ether oxygens (including phenoxy) is 1. The van der Waals surface area contributed by atoms with Crippen molar-refractivity contribution in [1.29, 1.82) is 0 Å². The molecule has 3 amide bonds. The van der Waals surface area contributed by atoms with Gasteiger partial charge in [-0.15, -0.1) is 35.3 Å². The van der Waals surface area contributed by atoms with Crippen LogP contribution in [-0.2, 0) is 28.7 Å². The molecule has 0 aromatic carbocycles. The third kappa shape index (κ3) is 2.85. The summed E-state index contributed by atoms with van der Waals surface area (Å²) in [4.78, 5) is 63.8. The lowest BCUT2D eigenvalue weighted by atomic mass is 10.0. The average molecular weight is 442 g/mol. The van der Waals surface area contributed by atoms with E-state index in [1.54, 1.807) is 0 Å². The number of aliphatic carboxylic acids is 1. The number of hydrogen-bond acceptors (Lipinski definition) is 9. The number of carboxylic acid groups (broad SMARTS) is 1. The van der Waals surface area contributed by atoms with Gasteiger partial charge in [-0.1, -0.05) is 0 Å². The fourth-order valence-electron chi connectivity index (χ4n) is 3.37. The summed E-state index contributed by atoms with van der Waals surface area (Å²) < 4.78 is 4.89. The van der Waals surface area contributed by atoms with Gasteiger partial charge in [0.15, 0.2) is 0 Å². The zero-order chi connectivity index (χ0) is 20.2. The van der Waals surface area contributed by atoms with E-state index in [9.17, 15) is 29.1 Å². The lowest BCUT2D eigenvalue weighted by Crippen LogP contribution is -2.71. The van der Waals surface area contributed by atoms with Crippen molar-refractivity contribution in [1.82, 2.24) is 9.80 Å². The molecule has 0 bridgehead atoms. The Hall–Kier alpha value is -1.92. The Morgan fingerprint density at radius 1 is 1.11 bits per heavy atom. The van der Waals surface area contributed by atoms with Crippen molar-refractivity contribution in [2.45, 2.75) is 18.3 Å². The molecule has 12 heteroatoms. The van der Waals surface area contributed by atoms with Crippen molar-refractivity contribution < 1.29 is 33.8 Å². The SMILES string of the molecule is CC(=O)OCC1=C(C(=O)O)N2C(=O)[C@@H](N3C(=O)C4=C(SCCS4)C3=O)[C@H]2SC1. The van der Waals surface area contributed by atoms with Crippen molar-refractivity contribution >= 4 is 64.9 Å². The summed E-state index contributed by atoms with van der Waals surface area (Å²) >= 11 is 3.86. The molecule has 0 spiro atoms. The number of imide groups is 1. The number of fused-ring (bicyclic) bond motifs is 1. The van der Waals surface area contributed by atoms with Crippen molar-refractivity contribution in [3.8, 4) is 0 Å². The summed E-state index contributed by atoms with van der Waals surface area (Å²) in [5.74, 6) is -1.82. The van der Waals surface area contributed by atoms with Crippen LogP contribution >= 0.6 is 35.3 Å². The minimum Gasteiger partial charge on any atom is -0.477 e. The number of carboxylic acids is 1. The van der Waals surface area contributed by atoms with Gasteiger partial charge >= 0.3 is 11.9 Å². The van der Waals surface area contributed by atoms with Crippen molar-refractivity contribution in [2.75, 3.05) is 23.9 Å². The third-order valence-electron chi connectivity index (χ3n) is 4.56. The Morgan fingerprint density at radius 3 is 2.25 bits per heavy atom. The fraction of sp³-hybridized carbons (Fsp3) is 0.438. The van der Waals surface area contributed by atoms with Crippen molar-refractivity contribution in [3.05, 3.63) is 21.1 Å². The number of nitrogens with zero attached hydrogens (tertiary/aromatic N) is 2. The predicted octanol–water partition coefficient (Wildman–Crippen LogP) is 0.232. The maximum Gasteiger partial charge on any atom is 0.352 e. The molecule has 9 nitrogen and oxygen atoms in total. The number of carbonyl (C=O) groups is 5. The quantitative estimate of drug-likeness (QED) is 0.368. The van der Waals surface area contributed by atoms with Gasteiger partial charge < -0.3 is 9.84 Å². The summed E-state index contributed by atoms with van der Waals surface area (Å²) in [6, 6.07) is -1.03. The van der Waals surface area contributed by atoms with Crippen LogP contribution in [0.1, 0.15) is 6.92 Å². The molecule has 28 heavy (non-hydrogen) atoms. The van der Waals surface area contributed by atoms with Crippen LogP contribution in [0.15, 0.2) is 21.1 Å². The molecule has 0 radical (unpaired) electrons. The lowest BCUT2D eigenvalue weighted by Gasteiger charge is -2.51. The molecule has 1 saturated heterocycles. The normalized spacial score (nSPS) is 27.0. The number of esters is 1. The Bertz CT molecular complexity index is 869. The summed E-state index contributed by atoms with van der Waals surface area (Å²) in [6.45, 7) is 0.982. The molecule has 0 aliphatic carbocycles. The van der Waals surface area contributed by atoms with E-state index in [1.807, 2.05) is 0 Å². The third-order valence-corrected chi connectivity index (χ3v) is 8.42. The first-order chi connectivity index (χ1) is 13.3. The average Bonchev–Trinajstić information content (AvgIpc) is 2.91. The van der Waals surface area contributed by atoms with Crippen molar-refractivity contribution in [3.63, 3.8) is 0 Å². The molecule has 1 N–H and O–H groups in total. The molecule has 0 aromatic heterocycles. The zero-order valence-corrected chi connectivity index (χ0v) is 16.9. The second-order valence-electron chi connectivity index (χ2n) is 6.23. The number of hydrogen-bond donors (Lipinski definition) is 1. The van der Waals surface area contributed by atoms with Crippen LogP contribution in [0.4, 0.5) is 0 Å². The van der Waals surface area contributed by atoms with Gasteiger partial charge in [0.2, 0.25) is 0 Å². The second kappa shape index (κ2) is 7.16. The highest BCUT2D eigenvalue weighted by atomic mass is 32.2. The summed E-state index contributed by atoms with van der Waals surface area (Å²) in [7, 11) is 0. The minimum atomic E-state index is -1.32. The van der Waals surface area contributed by atoms with Gasteiger partial charge in [0.05, 0.1) is 9.81 Å². The first kappa shape index (κ1) is 19.4. The molecule has 0 aromatic rings. The van der Waals surface area contributed by atoms with E-state index in [4.69, 9.17) is 4.74 Å². The van der Waals surface area contributed by atoms with E-state index in [1.165, 1.54) is 42.2 Å². The van der Waals surface area contributed by atoms with Gasteiger partial charge in [-0.2, -0.15) is 0 Å². The number of amides is 3. The van der Waals surface area contributed by atoms with Crippen LogP contribution in [0.3, 0.4) is 0 Å². The molecule has 4 aliphatic rings.